The molecule has 0 spiro atoms. The highest BCUT2D eigenvalue weighted by molar-refractivity contribution is 5.69. The molecule has 1 rings (SSSR count). The Morgan fingerprint density at radius 1 is 1.20 bits per heavy atom. The minimum atomic E-state index is -0.754. The van der Waals surface area contributed by atoms with Crippen LogP contribution in [0.25, 0.3) is 0 Å². The molecule has 9 heteroatoms. The quantitative estimate of drug-likeness (QED) is 0.451. The Labute approximate surface area is 113 Å². The van der Waals surface area contributed by atoms with Crippen molar-refractivity contribution in [2.45, 2.75) is 19.4 Å². The third-order valence-corrected chi connectivity index (χ3v) is 2.48. The molecule has 0 atom stereocenters. The number of hydrogen-bond acceptors (Lipinski definition) is 7. The van der Waals surface area contributed by atoms with Crippen LogP contribution in [0.2, 0.25) is 0 Å². The Morgan fingerprint density at radius 3 is 2.20 bits per heavy atom. The first-order chi connectivity index (χ1) is 9.47. The van der Waals surface area contributed by atoms with Crippen LogP contribution in [0, 0.1) is 20.2 Å². The number of nitro benzene ring substituents is 2. The van der Waals surface area contributed by atoms with E-state index in [9.17, 15) is 25.0 Å². The van der Waals surface area contributed by atoms with Gasteiger partial charge in [-0.3, -0.25) is 25.0 Å². The zero-order valence-electron chi connectivity index (χ0n) is 10.5. The van der Waals surface area contributed by atoms with Crippen molar-refractivity contribution in [2.24, 2.45) is 5.73 Å². The van der Waals surface area contributed by atoms with Crippen LogP contribution >= 0.6 is 0 Å². The second kappa shape index (κ2) is 7.14. The van der Waals surface area contributed by atoms with Crippen LogP contribution in [0.5, 0.6) is 0 Å². The van der Waals surface area contributed by atoms with Crippen molar-refractivity contribution in [3.63, 3.8) is 0 Å². The summed E-state index contributed by atoms with van der Waals surface area (Å²) in [6.45, 7) is -0.211. The van der Waals surface area contributed by atoms with E-state index in [-0.39, 0.29) is 12.0 Å². The molecular weight excluding hydrogens is 270 g/mol. The van der Waals surface area contributed by atoms with Crippen LogP contribution < -0.4 is 5.73 Å². The molecule has 1 aromatic rings. The summed E-state index contributed by atoms with van der Waals surface area (Å²) in [4.78, 5) is 31.5. The third-order valence-electron chi connectivity index (χ3n) is 2.48. The summed E-state index contributed by atoms with van der Waals surface area (Å²) >= 11 is 0. The number of rotatable bonds is 7. The third kappa shape index (κ3) is 3.99. The van der Waals surface area contributed by atoms with Crippen LogP contribution in [0.3, 0.4) is 0 Å². The van der Waals surface area contributed by atoms with E-state index in [1.165, 1.54) is 6.07 Å². The van der Waals surface area contributed by atoms with Gasteiger partial charge in [-0.25, -0.2) is 0 Å². The van der Waals surface area contributed by atoms with Gasteiger partial charge in [0.2, 0.25) is 0 Å². The number of nitrogens with zero attached hydrogens (tertiary/aromatic N) is 2. The summed E-state index contributed by atoms with van der Waals surface area (Å²) in [5, 5.41) is 21.7. The zero-order chi connectivity index (χ0) is 15.1. The molecule has 0 saturated carbocycles. The van der Waals surface area contributed by atoms with Crippen LogP contribution in [0.1, 0.15) is 18.4 Å². The van der Waals surface area contributed by atoms with Crippen molar-refractivity contribution in [3.05, 3.63) is 44.0 Å². The van der Waals surface area contributed by atoms with E-state index < -0.39 is 33.8 Å². The Morgan fingerprint density at radius 2 is 1.75 bits per heavy atom. The van der Waals surface area contributed by atoms with Crippen LogP contribution in [0.15, 0.2) is 18.2 Å². The summed E-state index contributed by atoms with van der Waals surface area (Å²) in [5.41, 5.74) is 4.09. The van der Waals surface area contributed by atoms with Crippen molar-refractivity contribution in [3.8, 4) is 0 Å². The highest BCUT2D eigenvalue weighted by Crippen LogP contribution is 2.28. The number of nitro groups is 2. The van der Waals surface area contributed by atoms with Gasteiger partial charge in [0.1, 0.15) is 12.2 Å². The Balaban J connectivity index is 2.94. The lowest BCUT2D eigenvalue weighted by atomic mass is 10.1. The van der Waals surface area contributed by atoms with E-state index in [1.807, 2.05) is 0 Å². The fraction of sp³-hybridized carbons (Fsp3) is 0.364. The Bertz CT molecular complexity index is 499. The van der Waals surface area contributed by atoms with E-state index in [0.717, 1.165) is 12.1 Å². The maximum absolute atomic E-state index is 11.3. The van der Waals surface area contributed by atoms with E-state index in [2.05, 4.69) is 0 Å². The lowest BCUT2D eigenvalue weighted by Gasteiger charge is -2.06. The Hall–Kier alpha value is -2.55. The summed E-state index contributed by atoms with van der Waals surface area (Å²) in [6.07, 6.45) is 0.475. The van der Waals surface area contributed by atoms with Crippen molar-refractivity contribution in [1.29, 1.82) is 0 Å². The number of benzene rings is 1. The first kappa shape index (κ1) is 15.5. The highest BCUT2D eigenvalue weighted by Gasteiger charge is 2.25. The number of hydrogen-bond donors (Lipinski definition) is 1. The molecule has 9 nitrogen and oxygen atoms in total. The second-order valence-electron chi connectivity index (χ2n) is 3.84. The molecule has 0 heterocycles. The summed E-state index contributed by atoms with van der Waals surface area (Å²) in [6, 6.07) is 3.45. The summed E-state index contributed by atoms with van der Waals surface area (Å²) < 4.78 is 4.81. The van der Waals surface area contributed by atoms with Gasteiger partial charge in [-0.1, -0.05) is 0 Å². The molecule has 2 N–H and O–H groups in total. The molecule has 0 aromatic heterocycles. The van der Waals surface area contributed by atoms with Crippen molar-refractivity contribution < 1.29 is 19.4 Å². The number of carbonyl (C=O) groups is 1. The fourth-order valence-corrected chi connectivity index (χ4v) is 1.52. The smallest absolute Gasteiger partial charge is 0.306 e. The number of nitrogens with two attached hydrogens (primary N) is 1. The number of carbonyl (C=O) groups excluding carboxylic acids is 1. The van der Waals surface area contributed by atoms with E-state index >= 15 is 0 Å². The summed E-state index contributed by atoms with van der Waals surface area (Å²) in [7, 11) is 0. The average molecular weight is 283 g/mol. The van der Waals surface area contributed by atoms with Crippen molar-refractivity contribution >= 4 is 17.3 Å². The summed E-state index contributed by atoms with van der Waals surface area (Å²) in [5.74, 6) is -0.608. The predicted octanol–water partition coefficient (Wildman–Crippen LogP) is 1.29. The monoisotopic (exact) mass is 283 g/mol. The van der Waals surface area contributed by atoms with Gasteiger partial charge in [-0.15, -0.1) is 0 Å². The first-order valence-electron chi connectivity index (χ1n) is 5.73. The number of esters is 1. The largest absolute Gasteiger partial charge is 0.460 e. The molecule has 0 amide bonds. The van der Waals surface area contributed by atoms with Gasteiger partial charge < -0.3 is 10.5 Å². The lowest BCUT2D eigenvalue weighted by molar-refractivity contribution is -0.396. The van der Waals surface area contributed by atoms with Gasteiger partial charge in [0.15, 0.2) is 0 Å². The first-order valence-corrected chi connectivity index (χ1v) is 5.73. The van der Waals surface area contributed by atoms with E-state index in [1.54, 1.807) is 0 Å². The molecule has 1 aromatic carbocycles. The molecule has 108 valence electrons. The van der Waals surface area contributed by atoms with E-state index in [4.69, 9.17) is 10.5 Å². The molecule has 0 unspecified atom stereocenters. The predicted molar refractivity (Wildman–Crippen MR) is 67.8 cm³/mol. The van der Waals surface area contributed by atoms with Crippen molar-refractivity contribution in [2.75, 3.05) is 6.54 Å². The number of ether oxygens (including phenoxy) is 1. The average Bonchev–Trinajstić information content (AvgIpc) is 2.42. The van der Waals surface area contributed by atoms with Crippen LogP contribution in [-0.4, -0.2) is 22.4 Å². The Kier molecular flexibility index (Phi) is 5.54. The molecule has 0 aliphatic heterocycles. The van der Waals surface area contributed by atoms with Gasteiger partial charge in [-0.2, -0.15) is 0 Å². The van der Waals surface area contributed by atoms with Gasteiger partial charge in [-0.05, 0) is 19.0 Å². The maximum Gasteiger partial charge on any atom is 0.306 e. The van der Waals surface area contributed by atoms with Gasteiger partial charge in [0.05, 0.1) is 9.85 Å². The molecule has 0 radical (unpaired) electrons. The minimum absolute atomic E-state index is 0.0604. The fourth-order valence-electron chi connectivity index (χ4n) is 1.52. The van der Waals surface area contributed by atoms with Crippen molar-refractivity contribution in [1.82, 2.24) is 0 Å². The van der Waals surface area contributed by atoms with E-state index in [0.29, 0.717) is 13.0 Å². The molecule has 0 bridgehead atoms. The molecular formula is C11H13N3O6. The molecule has 0 aliphatic rings. The normalized spacial score (nSPS) is 10.1. The zero-order valence-corrected chi connectivity index (χ0v) is 10.5. The molecule has 0 saturated heterocycles. The lowest BCUT2D eigenvalue weighted by Crippen LogP contribution is -2.10. The SMILES string of the molecule is NCCCC(=O)OCc1c([N+](=O)[O-])cccc1[N+](=O)[O-]. The van der Waals surface area contributed by atoms with Gasteiger partial charge in [0, 0.05) is 18.6 Å². The van der Waals surface area contributed by atoms with Crippen LogP contribution in [-0.2, 0) is 16.1 Å². The van der Waals surface area contributed by atoms with Crippen LogP contribution in [0.4, 0.5) is 11.4 Å². The molecule has 0 fully saturated rings. The maximum atomic E-state index is 11.3. The molecule has 0 aliphatic carbocycles. The molecule has 20 heavy (non-hydrogen) atoms. The van der Waals surface area contributed by atoms with Gasteiger partial charge >= 0.3 is 5.97 Å². The minimum Gasteiger partial charge on any atom is -0.460 e. The van der Waals surface area contributed by atoms with Gasteiger partial charge in [0.25, 0.3) is 11.4 Å². The topological polar surface area (TPSA) is 139 Å². The highest BCUT2D eigenvalue weighted by atomic mass is 16.6. The standard InChI is InChI=1S/C11H13N3O6/c12-6-2-5-11(15)20-7-8-9(13(16)17)3-1-4-10(8)14(18)19/h1,3-4H,2,5-7,12H2. The second-order valence-corrected chi connectivity index (χ2v) is 3.84.